The summed E-state index contributed by atoms with van der Waals surface area (Å²) >= 11 is 0. The lowest BCUT2D eigenvalue weighted by Crippen LogP contribution is -2.52. The van der Waals surface area contributed by atoms with Gasteiger partial charge in [0.05, 0.1) is 18.7 Å². The van der Waals surface area contributed by atoms with Crippen LogP contribution in [0.3, 0.4) is 0 Å². The van der Waals surface area contributed by atoms with Gasteiger partial charge in [-0.3, -0.25) is 4.79 Å². The number of hydrogen-bond acceptors (Lipinski definition) is 6. The summed E-state index contributed by atoms with van der Waals surface area (Å²) in [5.41, 5.74) is 1.09. The molecule has 0 radical (unpaired) electrons. The molecule has 0 aromatic heterocycles. The quantitative estimate of drug-likeness (QED) is 0.622. The first-order chi connectivity index (χ1) is 12.3. The number of carbonyl (C=O) groups is 1. The summed E-state index contributed by atoms with van der Waals surface area (Å²) in [6, 6.07) is 10.7. The molecule has 2 N–H and O–H groups in total. The fourth-order valence-corrected chi connectivity index (χ4v) is 4.57. The second kappa shape index (κ2) is 7.36. The van der Waals surface area contributed by atoms with Gasteiger partial charge in [0.1, 0.15) is 12.1 Å². The zero-order valence-corrected chi connectivity index (χ0v) is 15.6. The molecule has 0 bridgehead atoms. The van der Waals surface area contributed by atoms with Crippen LogP contribution in [-0.4, -0.2) is 40.5 Å². The highest BCUT2D eigenvalue weighted by atomic mass is 16.5. The van der Waals surface area contributed by atoms with Crippen LogP contribution >= 0.6 is 0 Å². The Morgan fingerprint density at radius 3 is 2.73 bits per heavy atom. The zero-order chi connectivity index (χ0) is 18.9. The standard InChI is InChI=1S/C20H27N3O3/c1-13(24)26-19-15-9-20(2,3)10-16(15)22-18(19)17(11-21)23(25)12-14-7-5-4-6-8-14/h4-8,15-19,22,25H,9-10,12H2,1-3H3/t15-,16+,17-,18+,19+/m1/s1. The number of nitriles is 1. The van der Waals surface area contributed by atoms with Gasteiger partial charge >= 0.3 is 5.97 Å². The maximum Gasteiger partial charge on any atom is 0.302 e. The lowest BCUT2D eigenvalue weighted by atomic mass is 9.87. The molecule has 1 aromatic carbocycles. The number of benzene rings is 1. The molecule has 0 unspecified atom stereocenters. The minimum absolute atomic E-state index is 0.167. The van der Waals surface area contributed by atoms with E-state index in [1.807, 2.05) is 30.3 Å². The summed E-state index contributed by atoms with van der Waals surface area (Å²) in [5.74, 6) is -0.184. The number of rotatable bonds is 5. The van der Waals surface area contributed by atoms with Crippen molar-refractivity contribution in [1.29, 1.82) is 5.26 Å². The fourth-order valence-electron chi connectivity index (χ4n) is 4.57. The summed E-state index contributed by atoms with van der Waals surface area (Å²) in [4.78, 5) is 11.7. The van der Waals surface area contributed by atoms with Crippen molar-refractivity contribution in [1.82, 2.24) is 10.4 Å². The number of esters is 1. The summed E-state index contributed by atoms with van der Waals surface area (Å²) in [7, 11) is 0. The fraction of sp³-hybridized carbons (Fsp3) is 0.600. The molecular weight excluding hydrogens is 330 g/mol. The van der Waals surface area contributed by atoms with E-state index < -0.39 is 18.2 Å². The molecule has 5 atom stereocenters. The Balaban J connectivity index is 1.78. The highest BCUT2D eigenvalue weighted by Gasteiger charge is 2.55. The molecule has 1 saturated heterocycles. The van der Waals surface area contributed by atoms with Crippen molar-refractivity contribution in [3.05, 3.63) is 35.9 Å². The SMILES string of the molecule is CC(=O)O[C@H]1[C@@H]2CC(C)(C)C[C@@H]2N[C@H]1[C@@H](C#N)N(O)Cc1ccccc1. The maximum absolute atomic E-state index is 11.7. The Morgan fingerprint density at radius 1 is 1.42 bits per heavy atom. The summed E-state index contributed by atoms with van der Waals surface area (Å²) < 4.78 is 5.62. The Morgan fingerprint density at radius 2 is 2.12 bits per heavy atom. The number of carbonyl (C=O) groups excluding carboxylic acids is 1. The maximum atomic E-state index is 11.7. The third-order valence-electron chi connectivity index (χ3n) is 5.54. The molecule has 26 heavy (non-hydrogen) atoms. The van der Waals surface area contributed by atoms with E-state index in [0.29, 0.717) is 0 Å². The average Bonchev–Trinajstić information content (AvgIpc) is 3.02. The van der Waals surface area contributed by atoms with Gasteiger partial charge in [-0.1, -0.05) is 44.2 Å². The van der Waals surface area contributed by atoms with Crippen LogP contribution < -0.4 is 5.32 Å². The van der Waals surface area contributed by atoms with E-state index in [1.165, 1.54) is 6.92 Å². The smallest absolute Gasteiger partial charge is 0.302 e. The lowest BCUT2D eigenvalue weighted by molar-refractivity contribution is -0.158. The van der Waals surface area contributed by atoms with Gasteiger partial charge in [-0.05, 0) is 23.8 Å². The van der Waals surface area contributed by atoms with E-state index in [9.17, 15) is 15.3 Å². The summed E-state index contributed by atoms with van der Waals surface area (Å²) in [6.07, 6.45) is 1.49. The number of fused-ring (bicyclic) bond motifs is 1. The summed E-state index contributed by atoms with van der Waals surface area (Å²) in [6.45, 7) is 6.06. The number of ether oxygens (including phenoxy) is 1. The van der Waals surface area contributed by atoms with E-state index in [4.69, 9.17) is 4.74 Å². The number of hydrogen-bond donors (Lipinski definition) is 2. The number of nitrogens with one attached hydrogen (secondary N) is 1. The van der Waals surface area contributed by atoms with Crippen molar-refractivity contribution in [2.75, 3.05) is 0 Å². The Bertz CT molecular complexity index is 685. The molecule has 2 fully saturated rings. The first kappa shape index (κ1) is 18.8. The summed E-state index contributed by atoms with van der Waals surface area (Å²) in [5, 5.41) is 24.8. The van der Waals surface area contributed by atoms with Crippen molar-refractivity contribution in [2.24, 2.45) is 11.3 Å². The van der Waals surface area contributed by atoms with Crippen LogP contribution in [0.15, 0.2) is 30.3 Å². The van der Waals surface area contributed by atoms with E-state index in [0.717, 1.165) is 23.5 Å². The minimum atomic E-state index is -0.798. The van der Waals surface area contributed by atoms with Crippen molar-refractivity contribution in [3.63, 3.8) is 0 Å². The molecule has 1 aliphatic carbocycles. The highest BCUT2D eigenvalue weighted by Crippen LogP contribution is 2.47. The number of nitrogens with zero attached hydrogens (tertiary/aromatic N) is 2. The van der Waals surface area contributed by atoms with Gasteiger partial charge in [-0.2, -0.15) is 10.3 Å². The van der Waals surface area contributed by atoms with E-state index >= 15 is 0 Å². The molecule has 1 saturated carbocycles. The Labute approximate surface area is 154 Å². The van der Waals surface area contributed by atoms with Crippen LogP contribution in [0.5, 0.6) is 0 Å². The van der Waals surface area contributed by atoms with E-state index in [2.05, 4.69) is 25.2 Å². The zero-order valence-electron chi connectivity index (χ0n) is 15.6. The molecule has 0 amide bonds. The predicted octanol–water partition coefficient (Wildman–Crippen LogP) is 2.48. The second-order valence-electron chi connectivity index (χ2n) is 8.27. The van der Waals surface area contributed by atoms with E-state index in [1.54, 1.807) is 0 Å². The molecule has 6 heteroatoms. The number of hydroxylamine groups is 2. The average molecular weight is 357 g/mol. The molecule has 3 rings (SSSR count). The third kappa shape index (κ3) is 3.90. The van der Waals surface area contributed by atoms with Crippen molar-refractivity contribution >= 4 is 5.97 Å². The first-order valence-corrected chi connectivity index (χ1v) is 9.13. The molecular formula is C20H27N3O3. The molecule has 1 aromatic rings. The van der Waals surface area contributed by atoms with Gasteiger partial charge in [0.25, 0.3) is 0 Å². The normalized spacial score (nSPS) is 30.6. The highest BCUT2D eigenvalue weighted by molar-refractivity contribution is 5.66. The first-order valence-electron chi connectivity index (χ1n) is 9.13. The van der Waals surface area contributed by atoms with Gasteiger partial charge < -0.3 is 15.3 Å². The van der Waals surface area contributed by atoms with Gasteiger partial charge in [-0.15, -0.1) is 0 Å². The van der Waals surface area contributed by atoms with Crippen LogP contribution in [0.1, 0.15) is 39.2 Å². The van der Waals surface area contributed by atoms with Gasteiger partial charge in [0, 0.05) is 18.9 Å². The van der Waals surface area contributed by atoms with Crippen LogP contribution in [0.4, 0.5) is 0 Å². The molecule has 140 valence electrons. The predicted molar refractivity (Wildman–Crippen MR) is 95.9 cm³/mol. The molecule has 1 heterocycles. The molecule has 2 aliphatic rings. The van der Waals surface area contributed by atoms with Crippen LogP contribution in [0.25, 0.3) is 0 Å². The minimum Gasteiger partial charge on any atom is -0.460 e. The monoisotopic (exact) mass is 357 g/mol. The molecule has 1 aliphatic heterocycles. The Hall–Kier alpha value is -1.94. The van der Waals surface area contributed by atoms with Gasteiger partial charge in [0.2, 0.25) is 0 Å². The third-order valence-corrected chi connectivity index (χ3v) is 5.54. The van der Waals surface area contributed by atoms with Crippen LogP contribution in [0.2, 0.25) is 0 Å². The lowest BCUT2D eigenvalue weighted by Gasteiger charge is -2.32. The second-order valence-corrected chi connectivity index (χ2v) is 8.27. The van der Waals surface area contributed by atoms with Crippen LogP contribution in [-0.2, 0) is 16.1 Å². The Kier molecular flexibility index (Phi) is 5.33. The van der Waals surface area contributed by atoms with Gasteiger partial charge in [-0.25, -0.2) is 0 Å². The molecule has 6 nitrogen and oxygen atoms in total. The van der Waals surface area contributed by atoms with Crippen LogP contribution in [0, 0.1) is 22.7 Å². The molecule has 0 spiro atoms. The van der Waals surface area contributed by atoms with Gasteiger partial charge in [0.15, 0.2) is 0 Å². The van der Waals surface area contributed by atoms with Crippen molar-refractivity contribution < 1.29 is 14.7 Å². The van der Waals surface area contributed by atoms with Crippen molar-refractivity contribution in [3.8, 4) is 6.07 Å². The topological polar surface area (TPSA) is 85.6 Å². The van der Waals surface area contributed by atoms with E-state index in [-0.39, 0.29) is 29.9 Å². The largest absolute Gasteiger partial charge is 0.460 e. The van der Waals surface area contributed by atoms with Crippen molar-refractivity contribution in [2.45, 2.75) is 64.4 Å².